The minimum absolute atomic E-state index is 0.172. The molecule has 1 aromatic rings. The van der Waals surface area contributed by atoms with Crippen LogP contribution in [0.4, 0.5) is 4.79 Å². The van der Waals surface area contributed by atoms with Crippen LogP contribution in [-0.4, -0.2) is 73.9 Å². The lowest BCUT2D eigenvalue weighted by atomic mass is 10.0. The molecule has 0 radical (unpaired) electrons. The zero-order valence-corrected chi connectivity index (χ0v) is 20.4. The van der Waals surface area contributed by atoms with Gasteiger partial charge in [-0.05, 0) is 52.2 Å². The van der Waals surface area contributed by atoms with E-state index < -0.39 is 5.60 Å². The zero-order valence-electron chi connectivity index (χ0n) is 20.4. The molecule has 1 heterocycles. The molecule has 1 aromatic carbocycles. The molecule has 1 saturated heterocycles. The average Bonchev–Trinajstić information content (AvgIpc) is 2.73. The second-order valence-electron chi connectivity index (χ2n) is 9.15. The number of piperidine rings is 1. The fourth-order valence-corrected chi connectivity index (χ4v) is 3.75. The summed E-state index contributed by atoms with van der Waals surface area (Å²) in [5.41, 5.74) is 1.69. The van der Waals surface area contributed by atoms with Crippen molar-refractivity contribution in [2.24, 2.45) is 0 Å². The summed E-state index contributed by atoms with van der Waals surface area (Å²) >= 11 is 0. The van der Waals surface area contributed by atoms with Crippen LogP contribution in [0.3, 0.4) is 0 Å². The van der Waals surface area contributed by atoms with Crippen LogP contribution in [0.5, 0.6) is 5.75 Å². The molecule has 1 amide bonds. The van der Waals surface area contributed by atoms with Crippen molar-refractivity contribution in [3.05, 3.63) is 29.3 Å². The highest BCUT2D eigenvalue weighted by Gasteiger charge is 2.28. The van der Waals surface area contributed by atoms with Gasteiger partial charge in [-0.2, -0.15) is 0 Å². The van der Waals surface area contributed by atoms with Gasteiger partial charge in [0, 0.05) is 44.8 Å². The first-order chi connectivity index (χ1) is 15.1. The highest BCUT2D eigenvalue weighted by atomic mass is 16.6. The number of carbonyl (C=O) groups is 2. The zero-order chi connectivity index (χ0) is 23.7. The van der Waals surface area contributed by atoms with Gasteiger partial charge in [0.1, 0.15) is 11.4 Å². The lowest BCUT2D eigenvalue weighted by Gasteiger charge is -2.37. The third-order valence-corrected chi connectivity index (χ3v) is 5.43. The Kier molecular flexibility index (Phi) is 9.78. The van der Waals surface area contributed by atoms with Gasteiger partial charge < -0.3 is 24.4 Å². The number of likely N-dealkylation sites (tertiary alicyclic amines) is 1. The number of amides is 1. The first kappa shape index (κ1) is 25.9. The minimum Gasteiger partial charge on any atom is -0.496 e. The molecular weight excluding hydrogens is 410 g/mol. The molecule has 0 spiro atoms. The molecule has 0 saturated carbocycles. The molecular formula is C24H39N3O5. The number of methoxy groups -OCH3 is 1. The summed E-state index contributed by atoms with van der Waals surface area (Å²) in [4.78, 5) is 27.9. The minimum atomic E-state index is -0.481. The number of hydrogen-bond acceptors (Lipinski definition) is 7. The smallest absolute Gasteiger partial charge is 0.410 e. The summed E-state index contributed by atoms with van der Waals surface area (Å²) in [6.07, 6.45) is 1.58. The Hall–Kier alpha value is -2.32. The summed E-state index contributed by atoms with van der Waals surface area (Å²) in [6, 6.07) is 6.39. The van der Waals surface area contributed by atoms with Crippen LogP contribution in [0.15, 0.2) is 18.2 Å². The van der Waals surface area contributed by atoms with Crippen LogP contribution in [-0.2, 0) is 27.4 Å². The highest BCUT2D eigenvalue weighted by molar-refractivity contribution is 5.71. The van der Waals surface area contributed by atoms with Crippen LogP contribution >= 0.6 is 0 Å². The average molecular weight is 450 g/mol. The Balaban J connectivity index is 1.84. The second kappa shape index (κ2) is 12.1. The lowest BCUT2D eigenvalue weighted by molar-refractivity contribution is -0.142. The second-order valence-corrected chi connectivity index (χ2v) is 9.15. The molecule has 1 aliphatic rings. The molecule has 0 aliphatic carbocycles. The van der Waals surface area contributed by atoms with Crippen molar-refractivity contribution in [3.8, 4) is 5.75 Å². The molecule has 0 atom stereocenters. The summed E-state index contributed by atoms with van der Waals surface area (Å²) in [6.45, 7) is 11.2. The molecule has 0 unspecified atom stereocenters. The van der Waals surface area contributed by atoms with E-state index in [4.69, 9.17) is 14.2 Å². The van der Waals surface area contributed by atoms with Gasteiger partial charge in [0.05, 0.1) is 20.3 Å². The molecule has 32 heavy (non-hydrogen) atoms. The number of rotatable bonds is 9. The van der Waals surface area contributed by atoms with E-state index in [1.54, 1.807) is 18.9 Å². The van der Waals surface area contributed by atoms with Crippen molar-refractivity contribution in [2.75, 3.05) is 40.4 Å². The Morgan fingerprint density at radius 1 is 1.22 bits per heavy atom. The molecule has 0 aromatic heterocycles. The summed E-state index contributed by atoms with van der Waals surface area (Å²) in [5, 5.41) is 3.09. The number of ether oxygens (including phenoxy) is 3. The molecule has 1 aliphatic heterocycles. The van der Waals surface area contributed by atoms with E-state index in [0.29, 0.717) is 13.2 Å². The normalized spacial score (nSPS) is 15.3. The van der Waals surface area contributed by atoms with Gasteiger partial charge in [-0.3, -0.25) is 9.69 Å². The third kappa shape index (κ3) is 8.31. The van der Waals surface area contributed by atoms with E-state index >= 15 is 0 Å². The van der Waals surface area contributed by atoms with E-state index in [1.165, 1.54) is 5.56 Å². The Morgan fingerprint density at radius 2 is 1.91 bits per heavy atom. The maximum Gasteiger partial charge on any atom is 0.410 e. The van der Waals surface area contributed by atoms with Crippen LogP contribution in [0.2, 0.25) is 0 Å². The Morgan fingerprint density at radius 3 is 2.50 bits per heavy atom. The van der Waals surface area contributed by atoms with Gasteiger partial charge in [-0.25, -0.2) is 4.79 Å². The van der Waals surface area contributed by atoms with Crippen LogP contribution in [0, 0.1) is 0 Å². The van der Waals surface area contributed by atoms with Crippen LogP contribution in [0.1, 0.15) is 51.7 Å². The molecule has 180 valence electrons. The maximum atomic E-state index is 12.3. The van der Waals surface area contributed by atoms with Crippen molar-refractivity contribution < 1.29 is 23.8 Å². The number of nitrogens with zero attached hydrogens (tertiary/aromatic N) is 2. The topological polar surface area (TPSA) is 80.3 Å². The monoisotopic (exact) mass is 449 g/mol. The Labute approximate surface area is 192 Å². The van der Waals surface area contributed by atoms with Gasteiger partial charge in [0.15, 0.2) is 0 Å². The third-order valence-electron chi connectivity index (χ3n) is 5.43. The fourth-order valence-electron chi connectivity index (χ4n) is 3.75. The van der Waals surface area contributed by atoms with Crippen molar-refractivity contribution >= 4 is 12.1 Å². The molecule has 1 N–H and O–H groups in total. The molecule has 2 rings (SSSR count). The van der Waals surface area contributed by atoms with E-state index in [2.05, 4.69) is 22.3 Å². The van der Waals surface area contributed by atoms with Gasteiger partial charge in [-0.15, -0.1) is 0 Å². The SMILES string of the molecule is CCOC(=O)CNCc1ccc(CN2CCC(N(C)C(=O)OC(C)(C)C)CC2)cc1OC. The standard InChI is InChI=1S/C24H39N3O5/c1-7-31-22(28)16-25-15-19-9-8-18(14-21(19)30-6)17-27-12-10-20(11-13-27)26(5)23(29)32-24(2,3)4/h8-9,14,20,25H,7,10-13,15-17H2,1-6H3. The van der Waals surface area contributed by atoms with Crippen molar-refractivity contribution in [2.45, 2.75) is 65.3 Å². The summed E-state index contributed by atoms with van der Waals surface area (Å²) in [5.74, 6) is 0.544. The van der Waals surface area contributed by atoms with Gasteiger partial charge in [-0.1, -0.05) is 12.1 Å². The van der Waals surface area contributed by atoms with E-state index in [0.717, 1.165) is 43.8 Å². The number of benzene rings is 1. The maximum absolute atomic E-state index is 12.3. The molecule has 8 nitrogen and oxygen atoms in total. The van der Waals surface area contributed by atoms with E-state index in [9.17, 15) is 9.59 Å². The van der Waals surface area contributed by atoms with Crippen LogP contribution in [0.25, 0.3) is 0 Å². The van der Waals surface area contributed by atoms with Gasteiger partial charge in [0.2, 0.25) is 0 Å². The highest BCUT2D eigenvalue weighted by Crippen LogP contribution is 2.24. The van der Waals surface area contributed by atoms with Gasteiger partial charge >= 0.3 is 12.1 Å². The largest absolute Gasteiger partial charge is 0.496 e. The summed E-state index contributed by atoms with van der Waals surface area (Å²) < 4.78 is 16.0. The Bertz CT molecular complexity index is 754. The molecule has 8 heteroatoms. The number of nitrogens with one attached hydrogen (secondary N) is 1. The predicted molar refractivity (Wildman–Crippen MR) is 124 cm³/mol. The lowest BCUT2D eigenvalue weighted by Crippen LogP contribution is -2.46. The quantitative estimate of drug-likeness (QED) is 0.580. The predicted octanol–water partition coefficient (Wildman–Crippen LogP) is 3.18. The van der Waals surface area contributed by atoms with E-state index in [1.807, 2.05) is 33.9 Å². The van der Waals surface area contributed by atoms with E-state index in [-0.39, 0.29) is 24.6 Å². The van der Waals surface area contributed by atoms with Crippen molar-refractivity contribution in [1.29, 1.82) is 0 Å². The number of esters is 1. The number of hydrogen-bond donors (Lipinski definition) is 1. The van der Waals surface area contributed by atoms with Crippen LogP contribution < -0.4 is 10.1 Å². The van der Waals surface area contributed by atoms with Crippen molar-refractivity contribution in [1.82, 2.24) is 15.1 Å². The first-order valence-corrected chi connectivity index (χ1v) is 11.3. The number of carbonyl (C=O) groups excluding carboxylic acids is 2. The van der Waals surface area contributed by atoms with Gasteiger partial charge in [0.25, 0.3) is 0 Å². The molecule has 0 bridgehead atoms. The molecule has 1 fully saturated rings. The first-order valence-electron chi connectivity index (χ1n) is 11.3. The van der Waals surface area contributed by atoms with Crippen molar-refractivity contribution in [3.63, 3.8) is 0 Å². The summed E-state index contributed by atoms with van der Waals surface area (Å²) in [7, 11) is 3.49. The fraction of sp³-hybridized carbons (Fsp3) is 0.667.